The van der Waals surface area contributed by atoms with Gasteiger partial charge in [0, 0.05) is 23.6 Å². The maximum absolute atomic E-state index is 14.1. The first-order valence-corrected chi connectivity index (χ1v) is 12.5. The van der Waals surface area contributed by atoms with E-state index in [1.165, 1.54) is 18.5 Å². The summed E-state index contributed by atoms with van der Waals surface area (Å²) in [6, 6.07) is 6.07. The number of rotatable bonds is 5. The Morgan fingerprint density at radius 1 is 1.21 bits per heavy atom. The van der Waals surface area contributed by atoms with Crippen LogP contribution in [0.4, 0.5) is 21.6 Å². The molecule has 0 bridgehead atoms. The minimum absolute atomic E-state index is 0.0290. The number of ether oxygens (including phenoxy) is 4. The van der Waals surface area contributed by atoms with Gasteiger partial charge in [-0.05, 0) is 44.1 Å². The first-order chi connectivity index (χ1) is 16.5. The lowest BCUT2D eigenvalue weighted by molar-refractivity contribution is 0.0310. The maximum atomic E-state index is 14.1. The van der Waals surface area contributed by atoms with Crippen molar-refractivity contribution >= 4 is 39.9 Å². The summed E-state index contributed by atoms with van der Waals surface area (Å²) in [6.07, 6.45) is 5.95. The Balaban J connectivity index is 0.000000868. The van der Waals surface area contributed by atoms with Crippen LogP contribution in [0.5, 0.6) is 11.5 Å². The molecule has 34 heavy (non-hydrogen) atoms. The van der Waals surface area contributed by atoms with Crippen molar-refractivity contribution in [1.82, 2.24) is 9.97 Å². The van der Waals surface area contributed by atoms with Crippen molar-refractivity contribution in [3.63, 3.8) is 0 Å². The Labute approximate surface area is 202 Å². The minimum Gasteiger partial charge on any atom is -0.494 e. The van der Waals surface area contributed by atoms with Crippen LogP contribution in [0.1, 0.15) is 12.0 Å². The number of nitrogens with one attached hydrogen (secondary N) is 1. The van der Waals surface area contributed by atoms with Gasteiger partial charge in [-0.25, -0.2) is 14.4 Å². The van der Waals surface area contributed by atoms with Gasteiger partial charge in [-0.15, -0.1) is 0 Å². The third kappa shape index (κ3) is 4.84. The lowest BCUT2D eigenvalue weighted by Gasteiger charge is -2.21. The summed E-state index contributed by atoms with van der Waals surface area (Å²) in [7, 11) is 1.56. The number of nitrogens with zero attached hydrogens (tertiary/aromatic N) is 2. The number of benzene rings is 2. The van der Waals surface area contributed by atoms with Crippen molar-refractivity contribution in [2.75, 3.05) is 43.9 Å². The summed E-state index contributed by atoms with van der Waals surface area (Å²) < 4.78 is 37.1. The molecular weight excluding hydrogens is 459 g/mol. The van der Waals surface area contributed by atoms with Crippen molar-refractivity contribution in [3.05, 3.63) is 42.0 Å². The van der Waals surface area contributed by atoms with Crippen LogP contribution in [0.3, 0.4) is 0 Å². The van der Waals surface area contributed by atoms with E-state index in [1.807, 2.05) is 19.4 Å². The van der Waals surface area contributed by atoms with Crippen molar-refractivity contribution < 1.29 is 23.3 Å². The molecule has 2 aliphatic rings. The summed E-state index contributed by atoms with van der Waals surface area (Å²) in [5.74, 6) is 1.06. The number of methoxy groups -OCH3 is 1. The van der Waals surface area contributed by atoms with Crippen molar-refractivity contribution in [2.45, 2.75) is 31.7 Å². The topological polar surface area (TPSA) is 101 Å². The number of hydrogen-bond donors (Lipinski definition) is 2. The van der Waals surface area contributed by atoms with Crippen LogP contribution in [0, 0.1) is 12.7 Å². The van der Waals surface area contributed by atoms with Gasteiger partial charge in [0.05, 0.1) is 36.7 Å². The molecule has 0 aliphatic carbocycles. The predicted molar refractivity (Wildman–Crippen MR) is 133 cm³/mol. The van der Waals surface area contributed by atoms with Gasteiger partial charge in [0.25, 0.3) is 0 Å². The predicted octanol–water partition coefficient (Wildman–Crippen LogP) is 4.33. The highest BCUT2D eigenvalue weighted by molar-refractivity contribution is 7.97. The second-order valence-corrected chi connectivity index (χ2v) is 8.88. The Kier molecular flexibility index (Phi) is 7.60. The van der Waals surface area contributed by atoms with Gasteiger partial charge in [0.15, 0.2) is 6.10 Å². The summed E-state index contributed by atoms with van der Waals surface area (Å²) in [5.41, 5.74) is 8.62. The summed E-state index contributed by atoms with van der Waals surface area (Å²) >= 11 is 1.75. The monoisotopic (exact) mass is 488 g/mol. The van der Waals surface area contributed by atoms with Crippen LogP contribution in [0.25, 0.3) is 10.9 Å². The van der Waals surface area contributed by atoms with E-state index in [9.17, 15) is 4.39 Å². The first-order valence-electron chi connectivity index (χ1n) is 10.9. The van der Waals surface area contributed by atoms with Crippen LogP contribution in [0.15, 0.2) is 30.6 Å². The zero-order valence-corrected chi connectivity index (χ0v) is 20.4. The molecule has 5 rings (SSSR count). The molecule has 3 heterocycles. The number of fused-ring (bicyclic) bond motifs is 2. The lowest BCUT2D eigenvalue weighted by atomic mass is 10.1. The molecule has 0 saturated carbocycles. The zero-order chi connectivity index (χ0) is 24.2. The highest BCUT2D eigenvalue weighted by Gasteiger charge is 2.43. The van der Waals surface area contributed by atoms with Gasteiger partial charge in [0.2, 0.25) is 0 Å². The third-order valence-electron chi connectivity index (χ3n) is 5.75. The normalized spacial score (nSPS) is 21.0. The molecular formula is C24H29FN4O4S. The molecule has 3 aromatic rings. The van der Waals surface area contributed by atoms with E-state index >= 15 is 0 Å². The van der Waals surface area contributed by atoms with Gasteiger partial charge in [0.1, 0.15) is 35.6 Å². The van der Waals surface area contributed by atoms with Crippen LogP contribution in [-0.2, 0) is 9.47 Å². The van der Waals surface area contributed by atoms with E-state index in [-0.39, 0.29) is 18.3 Å². The second kappa shape index (κ2) is 10.6. The van der Waals surface area contributed by atoms with E-state index in [2.05, 4.69) is 15.3 Å². The van der Waals surface area contributed by atoms with Crippen molar-refractivity contribution in [3.8, 4) is 11.5 Å². The van der Waals surface area contributed by atoms with Gasteiger partial charge < -0.3 is 30.0 Å². The summed E-state index contributed by atoms with van der Waals surface area (Å²) in [6.45, 7) is 2.93. The number of halogens is 1. The molecule has 2 fully saturated rings. The Morgan fingerprint density at radius 2 is 2.00 bits per heavy atom. The average Bonchev–Trinajstić information content (AvgIpc) is 3.41. The molecule has 0 spiro atoms. The number of thioether (sulfide) groups is 1. The molecule has 2 aromatic carbocycles. The largest absolute Gasteiger partial charge is 0.494 e. The Hall–Kier alpha value is -2.82. The molecule has 0 amide bonds. The lowest BCUT2D eigenvalue weighted by Crippen LogP contribution is -2.32. The fourth-order valence-electron chi connectivity index (χ4n) is 4.31. The molecule has 2 aliphatic heterocycles. The van der Waals surface area contributed by atoms with Crippen LogP contribution in [-0.4, -0.2) is 61.1 Å². The molecule has 1 unspecified atom stereocenters. The molecule has 10 heteroatoms. The highest BCUT2D eigenvalue weighted by Crippen LogP contribution is 2.38. The van der Waals surface area contributed by atoms with Gasteiger partial charge in [-0.3, -0.25) is 0 Å². The van der Waals surface area contributed by atoms with E-state index in [4.69, 9.17) is 24.7 Å². The smallest absolute Gasteiger partial charge is 0.151 e. The minimum atomic E-state index is -0.401. The average molecular weight is 489 g/mol. The second-order valence-electron chi connectivity index (χ2n) is 8.07. The highest BCUT2D eigenvalue weighted by atomic mass is 32.2. The summed E-state index contributed by atoms with van der Waals surface area (Å²) in [5, 5.41) is 4.02. The molecule has 182 valence electrons. The van der Waals surface area contributed by atoms with E-state index in [0.717, 1.165) is 17.4 Å². The molecule has 8 nitrogen and oxygen atoms in total. The number of hydrogen-bond acceptors (Lipinski definition) is 9. The molecule has 3 N–H and O–H groups in total. The summed E-state index contributed by atoms with van der Waals surface area (Å²) in [4.78, 5) is 8.72. The number of nitrogens with two attached hydrogens (primary N) is 1. The van der Waals surface area contributed by atoms with Crippen LogP contribution in [0.2, 0.25) is 0 Å². The number of aryl methyl sites for hydroxylation is 1. The molecule has 3 atom stereocenters. The van der Waals surface area contributed by atoms with Crippen molar-refractivity contribution in [2.24, 2.45) is 0 Å². The van der Waals surface area contributed by atoms with Crippen LogP contribution >= 0.6 is 11.8 Å². The van der Waals surface area contributed by atoms with E-state index in [1.54, 1.807) is 31.0 Å². The van der Waals surface area contributed by atoms with Crippen LogP contribution < -0.4 is 20.5 Å². The standard InChI is InChI=1S/C22H23FN4O4.C2H6S/c1-11-19-15(8-13(24)20(11)28-2)25-10-26-22(19)27-14-4-3-12(23)7-17(14)31-18-9-30-16-5-6-29-21(16)18;1-3-2/h3-4,7-8,10,16,18,21H,5-6,9,24H2,1-2H3,(H,25,26,27);1-2H3/t16-,18?,21+;/m1./s1. The van der Waals surface area contributed by atoms with Gasteiger partial charge in [-0.2, -0.15) is 11.8 Å². The fraction of sp³-hybridized carbons (Fsp3) is 0.417. The van der Waals surface area contributed by atoms with Gasteiger partial charge in [-0.1, -0.05) is 0 Å². The number of nitrogen functional groups attached to an aromatic ring is 1. The van der Waals surface area contributed by atoms with E-state index < -0.39 is 5.82 Å². The Morgan fingerprint density at radius 3 is 2.76 bits per heavy atom. The van der Waals surface area contributed by atoms with Gasteiger partial charge >= 0.3 is 0 Å². The Bertz CT molecular complexity index is 1170. The molecule has 0 radical (unpaired) electrons. The molecule has 2 saturated heterocycles. The zero-order valence-electron chi connectivity index (χ0n) is 19.6. The van der Waals surface area contributed by atoms with E-state index in [0.29, 0.717) is 47.4 Å². The SMILES string of the molecule is COc1c(N)cc2ncnc(Nc3ccc(F)cc3OC3CO[C@@H]4CCO[C@H]34)c2c1C.CSC. The van der Waals surface area contributed by atoms with Crippen molar-refractivity contribution in [1.29, 1.82) is 0 Å². The molecule has 1 aromatic heterocycles. The number of anilines is 3. The number of aromatic nitrogens is 2. The quantitative estimate of drug-likeness (QED) is 0.508. The first kappa shape index (κ1) is 24.3. The third-order valence-corrected chi connectivity index (χ3v) is 5.75. The fourth-order valence-corrected chi connectivity index (χ4v) is 4.31. The maximum Gasteiger partial charge on any atom is 0.151 e.